The van der Waals surface area contributed by atoms with Crippen molar-refractivity contribution in [3.8, 4) is 11.4 Å². The Hall–Kier alpha value is -2.87. The van der Waals surface area contributed by atoms with Gasteiger partial charge in [-0.25, -0.2) is 0 Å². The molecule has 0 N–H and O–H groups in total. The first-order valence-corrected chi connectivity index (χ1v) is 8.76. The highest BCUT2D eigenvalue weighted by molar-refractivity contribution is 6.30. The Morgan fingerprint density at radius 2 is 1.89 bits per heavy atom. The molecule has 1 amide bonds. The molecule has 1 saturated heterocycles. The van der Waals surface area contributed by atoms with Gasteiger partial charge in [-0.1, -0.05) is 41.0 Å². The lowest BCUT2D eigenvalue weighted by molar-refractivity contribution is -0.138. The van der Waals surface area contributed by atoms with E-state index in [1.807, 2.05) is 0 Å². The Kier molecular flexibility index (Phi) is 4.58. The second kappa shape index (κ2) is 6.94. The highest BCUT2D eigenvalue weighted by Crippen LogP contribution is 2.35. The molecular formula is C19H13ClF3N3O2. The molecule has 0 spiro atoms. The lowest BCUT2D eigenvalue weighted by Crippen LogP contribution is -2.49. The maximum Gasteiger partial charge on any atom is 0.417 e. The van der Waals surface area contributed by atoms with Crippen LogP contribution in [0.4, 0.5) is 13.2 Å². The van der Waals surface area contributed by atoms with Crippen molar-refractivity contribution in [3.05, 3.63) is 70.6 Å². The number of amides is 1. The summed E-state index contributed by atoms with van der Waals surface area (Å²) < 4.78 is 44.6. The van der Waals surface area contributed by atoms with Crippen molar-refractivity contribution >= 4 is 17.5 Å². The molecule has 0 atom stereocenters. The minimum absolute atomic E-state index is 0.211. The van der Waals surface area contributed by atoms with Gasteiger partial charge in [0, 0.05) is 23.7 Å². The van der Waals surface area contributed by atoms with Crippen LogP contribution < -0.4 is 0 Å². The van der Waals surface area contributed by atoms with E-state index >= 15 is 0 Å². The van der Waals surface area contributed by atoms with Gasteiger partial charge in [-0.05, 0) is 24.3 Å². The van der Waals surface area contributed by atoms with Crippen molar-refractivity contribution < 1.29 is 22.5 Å². The quantitative estimate of drug-likeness (QED) is 0.634. The van der Waals surface area contributed by atoms with Crippen LogP contribution in [0.15, 0.2) is 53.1 Å². The fourth-order valence-electron chi connectivity index (χ4n) is 3.03. The Bertz CT molecular complexity index is 1030. The van der Waals surface area contributed by atoms with Gasteiger partial charge in [0.15, 0.2) is 0 Å². The summed E-state index contributed by atoms with van der Waals surface area (Å²) in [5.74, 6) is -0.186. The van der Waals surface area contributed by atoms with Crippen LogP contribution in [-0.4, -0.2) is 34.0 Å². The van der Waals surface area contributed by atoms with E-state index in [4.69, 9.17) is 16.1 Å². The monoisotopic (exact) mass is 407 g/mol. The second-order valence-electron chi connectivity index (χ2n) is 6.42. The van der Waals surface area contributed by atoms with Gasteiger partial charge in [-0.2, -0.15) is 18.2 Å². The molecule has 0 unspecified atom stereocenters. The standard InChI is InChI=1S/C19H13ClF3N3O2/c20-13-5-3-4-11(8-13)16-24-17(28-25-16)12-9-26(10-12)18(27)14-6-1-2-7-15(14)19(21,22)23/h1-8,12H,9-10H2. The summed E-state index contributed by atoms with van der Waals surface area (Å²) >= 11 is 5.95. The number of alkyl halides is 3. The molecule has 28 heavy (non-hydrogen) atoms. The van der Waals surface area contributed by atoms with Crippen molar-refractivity contribution in [2.75, 3.05) is 13.1 Å². The molecule has 1 aliphatic heterocycles. The summed E-state index contributed by atoms with van der Waals surface area (Å²) in [6.45, 7) is 0.421. The summed E-state index contributed by atoms with van der Waals surface area (Å²) in [6.07, 6.45) is -4.59. The van der Waals surface area contributed by atoms with E-state index in [2.05, 4.69) is 10.1 Å². The Morgan fingerprint density at radius 3 is 2.61 bits per heavy atom. The zero-order chi connectivity index (χ0) is 19.9. The fourth-order valence-corrected chi connectivity index (χ4v) is 3.22. The fraction of sp³-hybridized carbons (Fsp3) is 0.211. The number of hydrogen-bond donors (Lipinski definition) is 0. The normalized spacial score (nSPS) is 14.8. The van der Waals surface area contributed by atoms with Gasteiger partial charge < -0.3 is 9.42 Å². The van der Waals surface area contributed by atoms with Gasteiger partial charge in [0.25, 0.3) is 5.91 Å². The third kappa shape index (κ3) is 3.47. The maximum absolute atomic E-state index is 13.1. The van der Waals surface area contributed by atoms with Crippen molar-refractivity contribution in [1.29, 1.82) is 0 Å². The van der Waals surface area contributed by atoms with Crippen molar-refractivity contribution in [3.63, 3.8) is 0 Å². The average Bonchev–Trinajstić information content (AvgIpc) is 3.09. The summed E-state index contributed by atoms with van der Waals surface area (Å²) in [6, 6.07) is 11.7. The van der Waals surface area contributed by atoms with Crippen molar-refractivity contribution in [2.45, 2.75) is 12.1 Å². The summed E-state index contributed by atoms with van der Waals surface area (Å²) in [7, 11) is 0. The molecule has 1 aliphatic rings. The van der Waals surface area contributed by atoms with Crippen LogP contribution in [0, 0.1) is 0 Å². The van der Waals surface area contributed by atoms with Crippen molar-refractivity contribution in [2.24, 2.45) is 0 Å². The van der Waals surface area contributed by atoms with Gasteiger partial charge >= 0.3 is 6.18 Å². The molecule has 3 aromatic rings. The van der Waals surface area contributed by atoms with E-state index in [0.717, 1.165) is 6.07 Å². The molecule has 0 bridgehead atoms. The van der Waals surface area contributed by atoms with E-state index in [9.17, 15) is 18.0 Å². The first kappa shape index (κ1) is 18.5. The van der Waals surface area contributed by atoms with Gasteiger partial charge in [0.2, 0.25) is 11.7 Å². The zero-order valence-electron chi connectivity index (χ0n) is 14.3. The van der Waals surface area contributed by atoms with Gasteiger partial charge in [-0.3, -0.25) is 4.79 Å². The molecule has 9 heteroatoms. The summed E-state index contributed by atoms with van der Waals surface area (Å²) in [5.41, 5.74) is -0.614. The molecule has 144 valence electrons. The number of carbonyl (C=O) groups excluding carboxylic acids is 1. The molecular weight excluding hydrogens is 395 g/mol. The van der Waals surface area contributed by atoms with Crippen LogP contribution in [0.3, 0.4) is 0 Å². The number of carbonyl (C=O) groups is 1. The van der Waals surface area contributed by atoms with E-state index in [0.29, 0.717) is 22.3 Å². The van der Waals surface area contributed by atoms with Gasteiger partial charge in [0.05, 0.1) is 17.0 Å². The van der Waals surface area contributed by atoms with Crippen LogP contribution in [0.5, 0.6) is 0 Å². The molecule has 2 aromatic carbocycles. The van der Waals surface area contributed by atoms with Crippen LogP contribution in [0.2, 0.25) is 5.02 Å². The molecule has 1 fully saturated rings. The van der Waals surface area contributed by atoms with Crippen LogP contribution in [-0.2, 0) is 6.18 Å². The molecule has 1 aromatic heterocycles. The number of hydrogen-bond acceptors (Lipinski definition) is 4. The lowest BCUT2D eigenvalue weighted by atomic mass is 9.97. The molecule has 5 nitrogen and oxygen atoms in total. The highest BCUT2D eigenvalue weighted by Gasteiger charge is 2.40. The SMILES string of the molecule is O=C(c1ccccc1C(F)(F)F)N1CC(c2nc(-c3cccc(Cl)c3)no2)C1. The number of benzene rings is 2. The largest absolute Gasteiger partial charge is 0.417 e. The number of nitrogens with zero attached hydrogens (tertiary/aromatic N) is 3. The maximum atomic E-state index is 13.1. The van der Waals surface area contributed by atoms with Crippen LogP contribution in [0.1, 0.15) is 27.7 Å². The molecule has 0 saturated carbocycles. The average molecular weight is 408 g/mol. The predicted molar refractivity (Wildman–Crippen MR) is 94.8 cm³/mol. The predicted octanol–water partition coefficient (Wildman–Crippen LogP) is 4.65. The lowest BCUT2D eigenvalue weighted by Gasteiger charge is -2.37. The summed E-state index contributed by atoms with van der Waals surface area (Å²) in [4.78, 5) is 18.1. The number of rotatable bonds is 3. The van der Waals surface area contributed by atoms with Crippen LogP contribution in [0.25, 0.3) is 11.4 Å². The minimum atomic E-state index is -4.59. The smallest absolute Gasteiger partial charge is 0.339 e. The van der Waals surface area contributed by atoms with Crippen LogP contribution >= 0.6 is 11.6 Å². The van der Waals surface area contributed by atoms with Gasteiger partial charge in [-0.15, -0.1) is 0 Å². The number of likely N-dealkylation sites (tertiary alicyclic amines) is 1. The number of halogens is 4. The molecule has 0 radical (unpaired) electrons. The Balaban J connectivity index is 1.46. The number of aromatic nitrogens is 2. The topological polar surface area (TPSA) is 59.2 Å². The van der Waals surface area contributed by atoms with Crippen molar-refractivity contribution in [1.82, 2.24) is 15.0 Å². The minimum Gasteiger partial charge on any atom is -0.339 e. The molecule has 2 heterocycles. The van der Waals surface area contributed by atoms with Gasteiger partial charge in [0.1, 0.15) is 0 Å². The Labute approximate surface area is 162 Å². The summed E-state index contributed by atoms with van der Waals surface area (Å²) in [5, 5.41) is 4.44. The van der Waals surface area contributed by atoms with E-state index < -0.39 is 17.6 Å². The highest BCUT2D eigenvalue weighted by atomic mass is 35.5. The Morgan fingerprint density at radius 1 is 1.14 bits per heavy atom. The molecule has 0 aliphatic carbocycles. The third-order valence-electron chi connectivity index (χ3n) is 4.51. The van der Waals surface area contributed by atoms with E-state index in [1.165, 1.54) is 23.1 Å². The third-order valence-corrected chi connectivity index (χ3v) is 4.74. The zero-order valence-corrected chi connectivity index (χ0v) is 15.0. The first-order valence-electron chi connectivity index (χ1n) is 8.38. The molecule has 4 rings (SSSR count). The van der Waals surface area contributed by atoms with E-state index in [1.54, 1.807) is 24.3 Å². The first-order chi connectivity index (χ1) is 13.3. The second-order valence-corrected chi connectivity index (χ2v) is 6.85. The van der Waals surface area contributed by atoms with E-state index in [-0.39, 0.29) is 24.6 Å².